The first-order valence-corrected chi connectivity index (χ1v) is 7.40. The predicted octanol–water partition coefficient (Wildman–Crippen LogP) is 2.99. The van der Waals surface area contributed by atoms with Gasteiger partial charge in [-0.25, -0.2) is 13.9 Å². The van der Waals surface area contributed by atoms with E-state index in [1.807, 2.05) is 0 Å². The van der Waals surface area contributed by atoms with E-state index >= 15 is 0 Å². The van der Waals surface area contributed by atoms with Crippen molar-refractivity contribution in [2.75, 3.05) is 0 Å². The van der Waals surface area contributed by atoms with Crippen molar-refractivity contribution in [2.45, 2.75) is 13.0 Å². The summed E-state index contributed by atoms with van der Waals surface area (Å²) in [7, 11) is 1.48. The highest BCUT2D eigenvalue weighted by Crippen LogP contribution is 2.21. The molecule has 5 nitrogen and oxygen atoms in total. The number of ether oxygens (including phenoxy) is 1. The standard InChI is InChI=1S/C18H15FN2O3/c1-11(12-7-9-13(19)10-8-12)24-18(23)16-14-5-3-4-6-15(14)17(22)21(2)20-16/h3-11H,1-2H3. The van der Waals surface area contributed by atoms with E-state index < -0.39 is 12.1 Å². The lowest BCUT2D eigenvalue weighted by Crippen LogP contribution is -2.24. The van der Waals surface area contributed by atoms with Gasteiger partial charge in [0, 0.05) is 12.4 Å². The van der Waals surface area contributed by atoms with E-state index in [4.69, 9.17) is 4.74 Å². The quantitative estimate of drug-likeness (QED) is 0.694. The molecule has 2 aromatic carbocycles. The third-order valence-corrected chi connectivity index (χ3v) is 3.77. The Morgan fingerprint density at radius 2 is 1.75 bits per heavy atom. The molecule has 122 valence electrons. The Morgan fingerprint density at radius 1 is 1.12 bits per heavy atom. The maximum atomic E-state index is 13.0. The first-order chi connectivity index (χ1) is 11.5. The van der Waals surface area contributed by atoms with Gasteiger partial charge in [0.15, 0.2) is 5.69 Å². The molecule has 3 aromatic rings. The molecule has 0 saturated carbocycles. The van der Waals surface area contributed by atoms with Crippen molar-refractivity contribution in [2.24, 2.45) is 7.05 Å². The fourth-order valence-electron chi connectivity index (χ4n) is 2.47. The average molecular weight is 326 g/mol. The predicted molar refractivity (Wildman–Crippen MR) is 87.2 cm³/mol. The van der Waals surface area contributed by atoms with Crippen LogP contribution < -0.4 is 5.56 Å². The fraction of sp³-hybridized carbons (Fsp3) is 0.167. The molecule has 0 aliphatic heterocycles. The number of nitrogens with zero attached hydrogens (tertiary/aromatic N) is 2. The van der Waals surface area contributed by atoms with Crippen molar-refractivity contribution in [1.82, 2.24) is 9.78 Å². The Hall–Kier alpha value is -3.02. The van der Waals surface area contributed by atoms with E-state index in [9.17, 15) is 14.0 Å². The largest absolute Gasteiger partial charge is 0.453 e. The van der Waals surface area contributed by atoms with Crippen LogP contribution in [0.3, 0.4) is 0 Å². The zero-order valence-corrected chi connectivity index (χ0v) is 13.2. The molecule has 1 heterocycles. The molecule has 24 heavy (non-hydrogen) atoms. The lowest BCUT2D eigenvalue weighted by atomic mass is 10.1. The van der Waals surface area contributed by atoms with Crippen LogP contribution >= 0.6 is 0 Å². The molecule has 0 aliphatic carbocycles. The number of hydrogen-bond acceptors (Lipinski definition) is 4. The second-order valence-corrected chi connectivity index (χ2v) is 5.42. The van der Waals surface area contributed by atoms with Gasteiger partial charge in [0.1, 0.15) is 11.9 Å². The fourth-order valence-corrected chi connectivity index (χ4v) is 2.47. The number of fused-ring (bicyclic) bond motifs is 1. The van der Waals surface area contributed by atoms with Crippen LogP contribution in [0.5, 0.6) is 0 Å². The molecule has 0 bridgehead atoms. The van der Waals surface area contributed by atoms with Crippen molar-refractivity contribution in [3.05, 3.63) is 76.0 Å². The van der Waals surface area contributed by atoms with Gasteiger partial charge in [-0.2, -0.15) is 5.10 Å². The van der Waals surface area contributed by atoms with E-state index in [1.54, 1.807) is 43.3 Å². The Kier molecular flexibility index (Phi) is 4.12. The lowest BCUT2D eigenvalue weighted by molar-refractivity contribution is 0.0330. The monoisotopic (exact) mass is 326 g/mol. The molecule has 1 aromatic heterocycles. The van der Waals surface area contributed by atoms with Crippen LogP contribution in [-0.4, -0.2) is 15.7 Å². The molecule has 0 N–H and O–H groups in total. The lowest BCUT2D eigenvalue weighted by Gasteiger charge is -2.14. The summed E-state index contributed by atoms with van der Waals surface area (Å²) < 4.78 is 19.5. The van der Waals surface area contributed by atoms with Crippen molar-refractivity contribution < 1.29 is 13.9 Å². The molecule has 6 heteroatoms. The van der Waals surface area contributed by atoms with Crippen molar-refractivity contribution in [3.8, 4) is 0 Å². The maximum Gasteiger partial charge on any atom is 0.360 e. The van der Waals surface area contributed by atoms with Crippen LogP contribution in [-0.2, 0) is 11.8 Å². The van der Waals surface area contributed by atoms with E-state index in [1.165, 1.54) is 19.2 Å². The Morgan fingerprint density at radius 3 is 2.42 bits per heavy atom. The summed E-state index contributed by atoms with van der Waals surface area (Å²) in [6, 6.07) is 12.5. The summed E-state index contributed by atoms with van der Waals surface area (Å²) in [5, 5.41) is 4.87. The molecule has 3 rings (SSSR count). The minimum absolute atomic E-state index is 0.0710. The Bertz CT molecular complexity index is 964. The number of halogens is 1. The summed E-state index contributed by atoms with van der Waals surface area (Å²) in [6.45, 7) is 1.69. The van der Waals surface area contributed by atoms with Gasteiger partial charge in [0.2, 0.25) is 0 Å². The summed E-state index contributed by atoms with van der Waals surface area (Å²) in [6.07, 6.45) is -0.573. The van der Waals surface area contributed by atoms with Gasteiger partial charge in [0.25, 0.3) is 5.56 Å². The zero-order chi connectivity index (χ0) is 17.3. The van der Waals surface area contributed by atoms with Gasteiger partial charge in [-0.3, -0.25) is 4.79 Å². The first kappa shape index (κ1) is 15.9. The zero-order valence-electron chi connectivity index (χ0n) is 13.2. The van der Waals surface area contributed by atoms with Crippen molar-refractivity contribution >= 4 is 16.7 Å². The molecular formula is C18H15FN2O3. The number of aromatic nitrogens is 2. The van der Waals surface area contributed by atoms with E-state index in [2.05, 4.69) is 5.10 Å². The highest BCUT2D eigenvalue weighted by molar-refractivity contribution is 6.02. The summed E-state index contributed by atoms with van der Waals surface area (Å²) in [5.41, 5.74) is 0.453. The highest BCUT2D eigenvalue weighted by Gasteiger charge is 2.20. The third kappa shape index (κ3) is 2.90. The van der Waals surface area contributed by atoms with Gasteiger partial charge in [-0.1, -0.05) is 30.3 Å². The minimum atomic E-state index is -0.640. The topological polar surface area (TPSA) is 61.2 Å². The molecule has 1 atom stereocenters. The van der Waals surface area contributed by atoms with Gasteiger partial charge in [-0.05, 0) is 30.7 Å². The number of carbonyl (C=O) groups is 1. The van der Waals surface area contributed by atoms with Crippen LogP contribution in [0.2, 0.25) is 0 Å². The van der Waals surface area contributed by atoms with Gasteiger partial charge >= 0.3 is 5.97 Å². The minimum Gasteiger partial charge on any atom is -0.453 e. The van der Waals surface area contributed by atoms with Crippen LogP contribution in [0.1, 0.15) is 29.1 Å². The van der Waals surface area contributed by atoms with Crippen molar-refractivity contribution in [3.63, 3.8) is 0 Å². The van der Waals surface area contributed by atoms with Gasteiger partial charge < -0.3 is 4.74 Å². The molecule has 0 saturated heterocycles. The van der Waals surface area contributed by atoms with E-state index in [-0.39, 0.29) is 17.1 Å². The van der Waals surface area contributed by atoms with E-state index in [0.29, 0.717) is 16.3 Å². The molecular weight excluding hydrogens is 311 g/mol. The smallest absolute Gasteiger partial charge is 0.360 e. The molecule has 0 aliphatic rings. The molecule has 1 unspecified atom stereocenters. The Labute approximate surface area is 137 Å². The SMILES string of the molecule is CC(OC(=O)c1nn(C)c(=O)c2ccccc12)c1ccc(F)cc1. The third-order valence-electron chi connectivity index (χ3n) is 3.77. The van der Waals surface area contributed by atoms with Crippen molar-refractivity contribution in [1.29, 1.82) is 0 Å². The number of benzene rings is 2. The first-order valence-electron chi connectivity index (χ1n) is 7.40. The number of esters is 1. The summed E-state index contributed by atoms with van der Waals surface area (Å²) in [5.74, 6) is -0.998. The van der Waals surface area contributed by atoms with Crippen LogP contribution in [0.15, 0.2) is 53.3 Å². The molecule has 0 fully saturated rings. The van der Waals surface area contributed by atoms with E-state index in [0.717, 1.165) is 4.68 Å². The van der Waals surface area contributed by atoms with Crippen LogP contribution in [0, 0.1) is 5.82 Å². The number of hydrogen-bond donors (Lipinski definition) is 0. The highest BCUT2D eigenvalue weighted by atomic mass is 19.1. The number of rotatable bonds is 3. The van der Waals surface area contributed by atoms with Crippen LogP contribution in [0.25, 0.3) is 10.8 Å². The van der Waals surface area contributed by atoms with Gasteiger partial charge in [-0.15, -0.1) is 0 Å². The van der Waals surface area contributed by atoms with Crippen LogP contribution in [0.4, 0.5) is 4.39 Å². The number of carbonyl (C=O) groups excluding carboxylic acids is 1. The summed E-state index contributed by atoms with van der Waals surface area (Å²) in [4.78, 5) is 24.6. The molecule has 0 radical (unpaired) electrons. The van der Waals surface area contributed by atoms with Gasteiger partial charge in [0.05, 0.1) is 5.39 Å². The average Bonchev–Trinajstić information content (AvgIpc) is 2.58. The normalized spacial score (nSPS) is 12.1. The molecule has 0 amide bonds. The maximum absolute atomic E-state index is 13.0. The molecule has 0 spiro atoms. The second kappa shape index (κ2) is 6.23. The number of aryl methyl sites for hydroxylation is 1. The summed E-state index contributed by atoms with van der Waals surface area (Å²) >= 11 is 0. The Balaban J connectivity index is 1.96. The second-order valence-electron chi connectivity index (χ2n) is 5.42.